The summed E-state index contributed by atoms with van der Waals surface area (Å²) in [5.41, 5.74) is 2.41. The fourth-order valence-electron chi connectivity index (χ4n) is 3.42. The van der Waals surface area contributed by atoms with Crippen molar-refractivity contribution in [2.24, 2.45) is 0 Å². The fourth-order valence-corrected chi connectivity index (χ4v) is 3.42. The Bertz CT molecular complexity index is 950. The van der Waals surface area contributed by atoms with Gasteiger partial charge >= 0.3 is 0 Å². The Hall–Kier alpha value is -3.18. The van der Waals surface area contributed by atoms with Crippen LogP contribution in [0, 0.1) is 6.92 Å². The van der Waals surface area contributed by atoms with Gasteiger partial charge in [-0.25, -0.2) is 9.97 Å². The van der Waals surface area contributed by atoms with Crippen LogP contribution in [0.15, 0.2) is 73.1 Å². The van der Waals surface area contributed by atoms with Gasteiger partial charge in [0.25, 0.3) is 0 Å². The molecule has 29 heavy (non-hydrogen) atoms. The Balaban J connectivity index is 1.31. The van der Waals surface area contributed by atoms with Gasteiger partial charge in [-0.05, 0) is 30.2 Å². The highest BCUT2D eigenvalue weighted by Gasteiger charge is 2.18. The van der Waals surface area contributed by atoms with Crippen LogP contribution in [0.2, 0.25) is 0 Å². The molecular weight excluding hydrogens is 360 g/mol. The number of anilines is 1. The monoisotopic (exact) mass is 386 g/mol. The molecule has 1 fully saturated rings. The molecule has 4 rings (SSSR count). The average Bonchev–Trinajstić information content (AvgIpc) is 2.75. The molecule has 3 aromatic rings. The van der Waals surface area contributed by atoms with Crippen molar-refractivity contribution in [3.63, 3.8) is 0 Å². The van der Waals surface area contributed by atoms with Crippen LogP contribution in [0.3, 0.4) is 0 Å². The van der Waals surface area contributed by atoms with E-state index in [0.717, 1.165) is 49.9 Å². The largest absolute Gasteiger partial charge is 0.439 e. The fraction of sp³-hybridized carbons (Fsp3) is 0.250. The summed E-state index contributed by atoms with van der Waals surface area (Å²) in [5, 5.41) is 0. The summed E-state index contributed by atoms with van der Waals surface area (Å²) in [6.07, 6.45) is 6.00. The maximum Gasteiger partial charge on any atom is 0.224 e. The van der Waals surface area contributed by atoms with Gasteiger partial charge in [-0.3, -0.25) is 4.90 Å². The Kier molecular flexibility index (Phi) is 6.17. The summed E-state index contributed by atoms with van der Waals surface area (Å²) >= 11 is 0. The summed E-state index contributed by atoms with van der Waals surface area (Å²) in [7, 11) is 0. The van der Waals surface area contributed by atoms with Crippen LogP contribution in [0.4, 0.5) is 5.82 Å². The van der Waals surface area contributed by atoms with E-state index < -0.39 is 0 Å². The lowest BCUT2D eigenvalue weighted by Crippen LogP contribution is -2.46. The Labute approximate surface area is 172 Å². The van der Waals surface area contributed by atoms with Gasteiger partial charge in [0.2, 0.25) is 5.88 Å². The summed E-state index contributed by atoms with van der Waals surface area (Å²) < 4.78 is 5.91. The van der Waals surface area contributed by atoms with Crippen molar-refractivity contribution >= 4 is 11.9 Å². The van der Waals surface area contributed by atoms with Crippen LogP contribution in [0.1, 0.15) is 11.1 Å². The summed E-state index contributed by atoms with van der Waals surface area (Å²) in [5.74, 6) is 2.29. The third kappa shape index (κ3) is 5.42. The number of nitrogens with zero attached hydrogens (tertiary/aromatic N) is 4. The topological polar surface area (TPSA) is 41.5 Å². The normalized spacial score (nSPS) is 15.0. The number of aryl methyl sites for hydroxylation is 1. The second kappa shape index (κ2) is 9.34. The maximum absolute atomic E-state index is 5.91. The number of hydrogen-bond donors (Lipinski definition) is 0. The minimum absolute atomic E-state index is 0.578. The van der Waals surface area contributed by atoms with Crippen molar-refractivity contribution in [2.75, 3.05) is 37.6 Å². The predicted octanol–water partition coefficient (Wildman–Crippen LogP) is 4.41. The zero-order valence-corrected chi connectivity index (χ0v) is 16.7. The lowest BCUT2D eigenvalue weighted by Gasteiger charge is -2.34. The summed E-state index contributed by atoms with van der Waals surface area (Å²) in [6, 6.07) is 20.3. The molecule has 5 nitrogen and oxygen atoms in total. The molecule has 0 aliphatic carbocycles. The lowest BCUT2D eigenvalue weighted by molar-refractivity contribution is 0.283. The summed E-state index contributed by atoms with van der Waals surface area (Å²) in [4.78, 5) is 13.5. The molecule has 2 aromatic carbocycles. The maximum atomic E-state index is 5.91. The number of rotatable bonds is 6. The van der Waals surface area contributed by atoms with E-state index in [-0.39, 0.29) is 0 Å². The highest BCUT2D eigenvalue weighted by Crippen LogP contribution is 2.23. The molecule has 1 aliphatic rings. The number of benzene rings is 2. The minimum Gasteiger partial charge on any atom is -0.439 e. The van der Waals surface area contributed by atoms with Crippen molar-refractivity contribution in [3.05, 3.63) is 84.2 Å². The molecule has 148 valence electrons. The second-order valence-corrected chi connectivity index (χ2v) is 7.23. The Morgan fingerprint density at radius 1 is 0.931 bits per heavy atom. The van der Waals surface area contributed by atoms with E-state index in [2.05, 4.69) is 56.2 Å². The highest BCUT2D eigenvalue weighted by atomic mass is 16.5. The Morgan fingerprint density at radius 2 is 1.76 bits per heavy atom. The average molecular weight is 386 g/mol. The van der Waals surface area contributed by atoms with Gasteiger partial charge in [0, 0.05) is 38.8 Å². The van der Waals surface area contributed by atoms with E-state index >= 15 is 0 Å². The first-order valence-corrected chi connectivity index (χ1v) is 10.0. The van der Waals surface area contributed by atoms with Crippen molar-refractivity contribution < 1.29 is 4.74 Å². The first-order chi connectivity index (χ1) is 14.3. The van der Waals surface area contributed by atoms with Gasteiger partial charge < -0.3 is 9.64 Å². The molecule has 0 bridgehead atoms. The molecule has 1 aliphatic heterocycles. The van der Waals surface area contributed by atoms with Gasteiger partial charge in [0.15, 0.2) is 0 Å². The van der Waals surface area contributed by atoms with Crippen molar-refractivity contribution in [2.45, 2.75) is 6.92 Å². The molecule has 0 spiro atoms. The van der Waals surface area contributed by atoms with Crippen LogP contribution < -0.4 is 9.64 Å². The van der Waals surface area contributed by atoms with Crippen LogP contribution in [-0.2, 0) is 0 Å². The molecule has 0 atom stereocenters. The minimum atomic E-state index is 0.578. The van der Waals surface area contributed by atoms with Gasteiger partial charge in [-0.2, -0.15) is 0 Å². The molecule has 1 saturated heterocycles. The molecule has 0 amide bonds. The van der Waals surface area contributed by atoms with Crippen LogP contribution >= 0.6 is 0 Å². The van der Waals surface area contributed by atoms with Gasteiger partial charge in [-0.15, -0.1) is 0 Å². The predicted molar refractivity (Wildman–Crippen MR) is 117 cm³/mol. The third-order valence-electron chi connectivity index (χ3n) is 5.01. The van der Waals surface area contributed by atoms with Crippen molar-refractivity contribution in [1.29, 1.82) is 0 Å². The highest BCUT2D eigenvalue weighted by molar-refractivity contribution is 5.49. The van der Waals surface area contributed by atoms with Gasteiger partial charge in [-0.1, -0.05) is 54.6 Å². The molecular formula is C24H26N4O. The third-order valence-corrected chi connectivity index (χ3v) is 5.01. The first kappa shape index (κ1) is 19.2. The number of hydrogen-bond acceptors (Lipinski definition) is 5. The van der Waals surface area contributed by atoms with E-state index in [4.69, 9.17) is 4.74 Å². The zero-order chi connectivity index (χ0) is 19.9. The molecule has 2 heterocycles. The molecule has 1 aromatic heterocycles. The van der Waals surface area contributed by atoms with E-state index in [0.29, 0.717) is 5.88 Å². The van der Waals surface area contributed by atoms with Crippen LogP contribution in [0.25, 0.3) is 6.08 Å². The number of ether oxygens (including phenoxy) is 1. The molecule has 0 saturated carbocycles. The lowest BCUT2D eigenvalue weighted by atomic mass is 10.2. The SMILES string of the molecule is Cc1cccc(Oc2cc(N3CCN(C/C=C/c4ccccc4)CC3)ncn2)c1. The first-order valence-electron chi connectivity index (χ1n) is 10.0. The molecule has 0 radical (unpaired) electrons. The van der Waals surface area contributed by atoms with E-state index in [1.54, 1.807) is 6.33 Å². The van der Waals surface area contributed by atoms with Crippen LogP contribution in [-0.4, -0.2) is 47.6 Å². The smallest absolute Gasteiger partial charge is 0.224 e. The molecule has 5 heteroatoms. The van der Waals surface area contributed by atoms with Gasteiger partial charge in [0.1, 0.15) is 17.9 Å². The van der Waals surface area contributed by atoms with E-state index in [1.165, 1.54) is 5.56 Å². The quantitative estimate of drug-likeness (QED) is 0.628. The van der Waals surface area contributed by atoms with E-state index in [1.807, 2.05) is 43.3 Å². The van der Waals surface area contributed by atoms with Crippen LogP contribution in [0.5, 0.6) is 11.6 Å². The van der Waals surface area contributed by atoms with E-state index in [9.17, 15) is 0 Å². The number of aromatic nitrogens is 2. The van der Waals surface area contributed by atoms with Gasteiger partial charge in [0.05, 0.1) is 0 Å². The van der Waals surface area contributed by atoms with Crippen molar-refractivity contribution in [1.82, 2.24) is 14.9 Å². The Morgan fingerprint density at radius 3 is 2.55 bits per heavy atom. The zero-order valence-electron chi connectivity index (χ0n) is 16.7. The molecule has 0 unspecified atom stereocenters. The summed E-state index contributed by atoms with van der Waals surface area (Å²) in [6.45, 7) is 6.93. The molecule has 0 N–H and O–H groups in total. The number of piperazine rings is 1. The standard InChI is InChI=1S/C24H26N4O/c1-20-7-5-11-22(17-20)29-24-18-23(25-19-26-24)28-15-13-27(14-16-28)12-6-10-21-8-3-2-4-9-21/h2-11,17-19H,12-16H2,1H3/b10-6+. The second-order valence-electron chi connectivity index (χ2n) is 7.23. The van der Waals surface area contributed by atoms with Crippen molar-refractivity contribution in [3.8, 4) is 11.6 Å².